The Kier molecular flexibility index (Phi) is 10.9. The summed E-state index contributed by atoms with van der Waals surface area (Å²) < 4.78 is 10.2. The molecule has 6 aromatic rings. The first-order chi connectivity index (χ1) is 23.9. The largest absolute Gasteiger partial charge is 0.510 e. The smallest absolute Gasteiger partial charge is 0.231 e. The minimum Gasteiger partial charge on any atom is -0.510 e. The number of aromatic nitrogens is 4. The number of pyridine rings is 1. The third kappa shape index (κ3) is 8.47. The molecule has 0 aliphatic carbocycles. The first-order valence-corrected chi connectivity index (χ1v) is 17.8. The van der Waals surface area contributed by atoms with Gasteiger partial charge in [0.25, 0.3) is 0 Å². The van der Waals surface area contributed by atoms with Gasteiger partial charge in [-0.05, 0) is 55.9 Å². The Morgan fingerprint density at radius 3 is 1.83 bits per heavy atom. The van der Waals surface area contributed by atoms with Gasteiger partial charge in [-0.15, -0.1) is 29.8 Å². The van der Waals surface area contributed by atoms with Gasteiger partial charge in [-0.2, -0.15) is 28.9 Å². The van der Waals surface area contributed by atoms with Crippen LogP contribution in [0.4, 0.5) is 0 Å². The quantitative estimate of drug-likeness (QED) is 0.119. The minimum absolute atomic E-state index is 0. The summed E-state index contributed by atoms with van der Waals surface area (Å²) in [7, 11) is 0. The van der Waals surface area contributed by atoms with E-state index in [1.807, 2.05) is 54.7 Å². The molecule has 0 bridgehead atoms. The Bertz CT molecular complexity index is 2130. The van der Waals surface area contributed by atoms with Gasteiger partial charge in [0, 0.05) is 61.1 Å². The van der Waals surface area contributed by atoms with E-state index in [0.29, 0.717) is 17.2 Å². The molecule has 0 atom stereocenters. The molecule has 2 aromatic heterocycles. The van der Waals surface area contributed by atoms with E-state index in [1.54, 1.807) is 4.68 Å². The zero-order valence-electron chi connectivity index (χ0n) is 32.3. The second-order valence-electron chi connectivity index (χ2n) is 17.0. The van der Waals surface area contributed by atoms with Crippen molar-refractivity contribution in [2.75, 3.05) is 0 Å². The van der Waals surface area contributed by atoms with Crippen molar-refractivity contribution in [1.82, 2.24) is 14.8 Å². The van der Waals surface area contributed by atoms with Crippen LogP contribution in [-0.4, -0.2) is 14.8 Å². The predicted octanol–water partition coefficient (Wildman–Crippen LogP) is 10.6. The van der Waals surface area contributed by atoms with Crippen molar-refractivity contribution >= 4 is 0 Å². The van der Waals surface area contributed by atoms with Gasteiger partial charge in [-0.1, -0.05) is 125 Å². The molecule has 272 valence electrons. The molecule has 0 saturated carbocycles. The Hall–Kier alpha value is -4.34. The van der Waals surface area contributed by atoms with Crippen molar-refractivity contribution in [3.8, 4) is 34.3 Å². The molecule has 0 saturated heterocycles. The first-order valence-electron chi connectivity index (χ1n) is 17.8. The predicted molar refractivity (Wildman–Crippen MR) is 206 cm³/mol. The molecule has 0 fully saturated rings. The Morgan fingerprint density at radius 1 is 0.615 bits per heavy atom. The minimum atomic E-state index is -0.380. The molecule has 4 aromatic carbocycles. The van der Waals surface area contributed by atoms with Gasteiger partial charge in [0.1, 0.15) is 0 Å². The summed E-state index contributed by atoms with van der Waals surface area (Å²) in [6.07, 6.45) is 5.45. The van der Waals surface area contributed by atoms with Crippen LogP contribution < -0.4 is 9.30 Å². The van der Waals surface area contributed by atoms with Crippen LogP contribution in [0, 0.1) is 18.5 Å². The van der Waals surface area contributed by atoms with Crippen molar-refractivity contribution in [2.24, 2.45) is 0 Å². The summed E-state index contributed by atoms with van der Waals surface area (Å²) >= 11 is 0. The molecule has 2 heterocycles. The molecule has 0 aliphatic rings. The monoisotopic (exact) mass is 869 g/mol. The average Bonchev–Trinajstić information content (AvgIpc) is 3.54. The molecule has 6 heteroatoms. The molecule has 0 spiro atoms. The van der Waals surface area contributed by atoms with Crippen LogP contribution in [0.25, 0.3) is 22.8 Å². The van der Waals surface area contributed by atoms with Crippen LogP contribution in [0.15, 0.2) is 103 Å². The van der Waals surface area contributed by atoms with Crippen LogP contribution in [-0.2, 0) is 42.7 Å². The van der Waals surface area contributed by atoms with Crippen LogP contribution in [0.3, 0.4) is 0 Å². The van der Waals surface area contributed by atoms with Crippen molar-refractivity contribution < 1.29 is 30.4 Å². The van der Waals surface area contributed by atoms with E-state index >= 15 is 0 Å². The maximum Gasteiger partial charge on any atom is 0.231 e. The molecular weight excluding hydrogens is 820 g/mol. The molecule has 0 amide bonds. The van der Waals surface area contributed by atoms with Crippen molar-refractivity contribution in [3.05, 3.63) is 150 Å². The summed E-state index contributed by atoms with van der Waals surface area (Å²) in [4.78, 5) is 4.76. The summed E-state index contributed by atoms with van der Waals surface area (Å²) in [5, 5.41) is 5.09. The number of benzene rings is 4. The average molecular weight is 870 g/mol. The number of rotatable bonds is 7. The second kappa shape index (κ2) is 14.6. The molecule has 52 heavy (non-hydrogen) atoms. The van der Waals surface area contributed by atoms with Crippen LogP contribution >= 0.6 is 0 Å². The zero-order chi connectivity index (χ0) is 36.8. The Balaban J connectivity index is 0.00000523. The molecule has 0 N–H and O–H groups in total. The first kappa shape index (κ1) is 38.9. The van der Waals surface area contributed by atoms with Gasteiger partial charge in [-0.3, -0.25) is 4.98 Å². The molecule has 6 rings (SSSR count). The van der Waals surface area contributed by atoms with Crippen LogP contribution in [0.1, 0.15) is 104 Å². The normalized spacial score (nSPS) is 12.4. The molecule has 0 aliphatic heterocycles. The standard InChI is InChI=1S/C46H50N4O.Pt/c1-43(2,3)33-23-24-47-41(29-33)46(10,11)34-19-15-21-39(28-34)51-40-22-16-20-37(30-40)50-31-49(42(48-50)32-17-13-12-14-18-32)38-26-35(44(4,5)6)25-36(27-38)45(7,8)9;/h12-27,29H,1-11H3;/q-2;. The third-order valence-corrected chi connectivity index (χ3v) is 9.45. The molecule has 0 unspecified atom stereocenters. The van der Waals surface area contributed by atoms with Gasteiger partial charge < -0.3 is 9.30 Å². The van der Waals surface area contributed by atoms with E-state index in [-0.39, 0.29) is 42.7 Å². The SMILES string of the molecule is CC(C)(C)c1cc(-[n+]2[c-]n(-c3[c-]c(Oc4[c-]c(C(C)(C)c5cc(C(C)(C)C)ccn5)ccc4)ccc3)nc2-c2ccccc2)cc(C(C)(C)C)c1.[Pt]. The Morgan fingerprint density at radius 2 is 1.21 bits per heavy atom. The van der Waals surface area contributed by atoms with E-state index in [1.165, 1.54) is 16.7 Å². The number of hydrogen-bond donors (Lipinski definition) is 0. The number of nitrogens with zero attached hydrogens (tertiary/aromatic N) is 4. The van der Waals surface area contributed by atoms with E-state index in [2.05, 4.69) is 148 Å². The molecule has 0 radical (unpaired) electrons. The summed E-state index contributed by atoms with van der Waals surface area (Å²) in [6, 6.07) is 40.2. The number of hydrogen-bond acceptors (Lipinski definition) is 3. The fourth-order valence-corrected chi connectivity index (χ4v) is 5.96. The van der Waals surface area contributed by atoms with Crippen molar-refractivity contribution in [3.63, 3.8) is 0 Å². The fourth-order valence-electron chi connectivity index (χ4n) is 5.96. The molecule has 5 nitrogen and oxygen atoms in total. The molecular formula is C46H50N4OPt-2. The van der Waals surface area contributed by atoms with Crippen LogP contribution in [0.2, 0.25) is 0 Å². The maximum atomic E-state index is 6.41. The van der Waals surface area contributed by atoms with E-state index < -0.39 is 0 Å². The van der Waals surface area contributed by atoms with E-state index in [0.717, 1.165) is 28.3 Å². The van der Waals surface area contributed by atoms with Crippen molar-refractivity contribution in [1.29, 1.82) is 0 Å². The van der Waals surface area contributed by atoms with E-state index in [9.17, 15) is 0 Å². The van der Waals surface area contributed by atoms with Gasteiger partial charge in [0.05, 0.1) is 0 Å². The Labute approximate surface area is 325 Å². The van der Waals surface area contributed by atoms with Crippen molar-refractivity contribution in [2.45, 2.75) is 97.8 Å². The van der Waals surface area contributed by atoms with Gasteiger partial charge in [0.15, 0.2) is 0 Å². The van der Waals surface area contributed by atoms with Gasteiger partial charge >= 0.3 is 0 Å². The van der Waals surface area contributed by atoms with Crippen LogP contribution in [0.5, 0.6) is 11.5 Å². The number of ether oxygens (including phenoxy) is 1. The van der Waals surface area contributed by atoms with Gasteiger partial charge in [0.2, 0.25) is 12.2 Å². The van der Waals surface area contributed by atoms with E-state index in [4.69, 9.17) is 14.8 Å². The summed E-state index contributed by atoms with van der Waals surface area (Å²) in [6.45, 7) is 24.6. The maximum absolute atomic E-state index is 6.41. The zero-order valence-corrected chi connectivity index (χ0v) is 34.6. The second-order valence-corrected chi connectivity index (χ2v) is 17.0. The topological polar surface area (TPSA) is 43.8 Å². The summed E-state index contributed by atoms with van der Waals surface area (Å²) in [5.74, 6) is 1.96. The fraction of sp³-hybridized carbons (Fsp3) is 0.326. The van der Waals surface area contributed by atoms with Gasteiger partial charge in [-0.25, -0.2) is 0 Å². The third-order valence-electron chi connectivity index (χ3n) is 9.45. The summed E-state index contributed by atoms with van der Waals surface area (Å²) in [5.41, 5.74) is 8.08.